The van der Waals surface area contributed by atoms with Gasteiger partial charge in [0.2, 0.25) is 0 Å². The molecule has 0 radical (unpaired) electrons. The average Bonchev–Trinajstić information content (AvgIpc) is 3.17. The summed E-state index contributed by atoms with van der Waals surface area (Å²) in [6.07, 6.45) is 1.78. The third kappa shape index (κ3) is 4.59. The number of fused-ring (bicyclic) bond motifs is 1. The highest BCUT2D eigenvalue weighted by Crippen LogP contribution is 2.32. The maximum atomic E-state index is 13.7. The van der Waals surface area contributed by atoms with Gasteiger partial charge in [0.05, 0.1) is 49.8 Å². The Labute approximate surface area is 206 Å². The summed E-state index contributed by atoms with van der Waals surface area (Å²) in [6, 6.07) is 12.0. The van der Waals surface area contributed by atoms with Crippen molar-refractivity contribution in [1.82, 2.24) is 4.57 Å². The van der Waals surface area contributed by atoms with Crippen LogP contribution in [-0.2, 0) is 9.53 Å². The monoisotopic (exact) mass is 494 g/mol. The first kappa shape index (κ1) is 24.3. The second kappa shape index (κ2) is 10.2. The number of esters is 1. The van der Waals surface area contributed by atoms with Crippen molar-refractivity contribution in [3.05, 3.63) is 84.5 Å². The maximum Gasteiger partial charge on any atom is 0.338 e. The fourth-order valence-electron chi connectivity index (χ4n) is 3.99. The Bertz CT molecular complexity index is 1470. The van der Waals surface area contributed by atoms with Crippen LogP contribution >= 0.6 is 11.3 Å². The molecule has 0 saturated carbocycles. The lowest BCUT2D eigenvalue weighted by molar-refractivity contribution is -0.139. The molecule has 0 saturated heterocycles. The minimum atomic E-state index is -0.677. The molecule has 0 bridgehead atoms. The number of aromatic nitrogens is 1. The van der Waals surface area contributed by atoms with E-state index in [1.165, 1.54) is 11.3 Å². The van der Waals surface area contributed by atoms with Gasteiger partial charge in [-0.15, -0.1) is 0 Å². The van der Waals surface area contributed by atoms with Gasteiger partial charge in [0.15, 0.2) is 16.3 Å². The van der Waals surface area contributed by atoms with Crippen LogP contribution in [-0.4, -0.2) is 38.5 Å². The molecular weight excluding hydrogens is 468 g/mol. The van der Waals surface area contributed by atoms with Gasteiger partial charge in [-0.05, 0) is 55.3 Å². The Balaban J connectivity index is 1.91. The zero-order chi connectivity index (χ0) is 25.1. The molecule has 0 spiro atoms. The number of hydrogen-bond donors (Lipinski definition) is 0. The zero-order valence-electron chi connectivity index (χ0n) is 20.2. The van der Waals surface area contributed by atoms with Crippen molar-refractivity contribution in [3.8, 4) is 17.2 Å². The number of allylic oxidation sites excluding steroid dienone is 1. The van der Waals surface area contributed by atoms with Gasteiger partial charge in [-0.1, -0.05) is 29.5 Å². The zero-order valence-corrected chi connectivity index (χ0v) is 21.0. The number of hydrogen-bond acceptors (Lipinski definition) is 8. The lowest BCUT2D eigenvalue weighted by Crippen LogP contribution is -2.39. The van der Waals surface area contributed by atoms with Gasteiger partial charge in [0.1, 0.15) is 5.75 Å². The second-order valence-electron chi connectivity index (χ2n) is 7.69. The van der Waals surface area contributed by atoms with Crippen molar-refractivity contribution < 1.29 is 23.7 Å². The molecule has 1 atom stereocenters. The minimum absolute atomic E-state index is 0.217. The molecule has 2 aromatic carbocycles. The molecule has 8 nitrogen and oxygen atoms in total. The fourth-order valence-corrected chi connectivity index (χ4v) is 5.03. The molecule has 35 heavy (non-hydrogen) atoms. The van der Waals surface area contributed by atoms with Crippen molar-refractivity contribution in [2.45, 2.75) is 19.9 Å². The maximum absolute atomic E-state index is 13.7. The molecule has 0 unspecified atom stereocenters. The molecule has 0 aliphatic carbocycles. The topological polar surface area (TPSA) is 88.4 Å². The highest BCUT2D eigenvalue weighted by molar-refractivity contribution is 7.07. The van der Waals surface area contributed by atoms with Gasteiger partial charge in [0.25, 0.3) is 5.56 Å². The summed E-state index contributed by atoms with van der Waals surface area (Å²) in [5.41, 5.74) is 2.13. The second-order valence-corrected chi connectivity index (χ2v) is 8.70. The first-order valence-corrected chi connectivity index (χ1v) is 11.8. The van der Waals surface area contributed by atoms with Crippen molar-refractivity contribution >= 4 is 23.4 Å². The van der Waals surface area contributed by atoms with E-state index >= 15 is 0 Å². The van der Waals surface area contributed by atoms with Crippen molar-refractivity contribution in [3.63, 3.8) is 0 Å². The summed E-state index contributed by atoms with van der Waals surface area (Å²) in [5, 5.41) is 0. The number of rotatable bonds is 7. The van der Waals surface area contributed by atoms with Crippen LogP contribution in [0.2, 0.25) is 0 Å². The average molecular weight is 495 g/mol. The molecule has 1 aliphatic rings. The Morgan fingerprint density at radius 2 is 1.77 bits per heavy atom. The van der Waals surface area contributed by atoms with E-state index in [4.69, 9.17) is 18.9 Å². The summed E-state index contributed by atoms with van der Waals surface area (Å²) in [5.74, 6) is 1.34. The third-order valence-electron chi connectivity index (χ3n) is 5.65. The summed E-state index contributed by atoms with van der Waals surface area (Å²) in [6.45, 7) is 3.72. The van der Waals surface area contributed by atoms with E-state index in [1.807, 2.05) is 18.2 Å². The van der Waals surface area contributed by atoms with Crippen LogP contribution in [0, 0.1) is 0 Å². The minimum Gasteiger partial charge on any atom is -0.497 e. The normalized spacial score (nSPS) is 15.3. The van der Waals surface area contributed by atoms with Gasteiger partial charge < -0.3 is 18.9 Å². The number of carbonyl (C=O) groups is 1. The number of methoxy groups -OCH3 is 3. The van der Waals surface area contributed by atoms with Crippen LogP contribution in [0.4, 0.5) is 0 Å². The first-order chi connectivity index (χ1) is 16.9. The predicted octanol–water partition coefficient (Wildman–Crippen LogP) is 2.82. The number of benzene rings is 2. The van der Waals surface area contributed by atoms with Gasteiger partial charge in [-0.3, -0.25) is 9.36 Å². The lowest BCUT2D eigenvalue weighted by atomic mass is 9.96. The van der Waals surface area contributed by atoms with E-state index in [0.717, 1.165) is 11.1 Å². The Kier molecular flexibility index (Phi) is 7.07. The van der Waals surface area contributed by atoms with E-state index in [1.54, 1.807) is 70.1 Å². The summed E-state index contributed by atoms with van der Waals surface area (Å²) in [4.78, 5) is 31.7. The van der Waals surface area contributed by atoms with E-state index in [9.17, 15) is 9.59 Å². The van der Waals surface area contributed by atoms with Crippen LogP contribution in [0.15, 0.2) is 63.5 Å². The van der Waals surface area contributed by atoms with Crippen LogP contribution in [0.1, 0.15) is 31.0 Å². The number of thiazole rings is 1. The largest absolute Gasteiger partial charge is 0.497 e. The highest BCUT2D eigenvalue weighted by Gasteiger charge is 2.33. The Hall–Kier alpha value is -3.85. The predicted molar refractivity (Wildman–Crippen MR) is 133 cm³/mol. The van der Waals surface area contributed by atoms with E-state index in [2.05, 4.69) is 4.99 Å². The summed E-state index contributed by atoms with van der Waals surface area (Å²) >= 11 is 1.26. The molecule has 3 aromatic rings. The third-order valence-corrected chi connectivity index (χ3v) is 6.64. The Morgan fingerprint density at radius 3 is 2.40 bits per heavy atom. The lowest BCUT2D eigenvalue weighted by Gasteiger charge is -2.24. The van der Waals surface area contributed by atoms with Crippen molar-refractivity contribution in [2.75, 3.05) is 27.9 Å². The molecule has 0 fully saturated rings. The van der Waals surface area contributed by atoms with Crippen molar-refractivity contribution in [1.29, 1.82) is 0 Å². The van der Waals surface area contributed by atoms with E-state index in [0.29, 0.717) is 37.9 Å². The molecule has 1 aliphatic heterocycles. The molecule has 182 valence electrons. The molecule has 9 heteroatoms. The van der Waals surface area contributed by atoms with Gasteiger partial charge in [-0.2, -0.15) is 0 Å². The molecule has 1 aromatic heterocycles. The molecule has 0 amide bonds. The van der Waals surface area contributed by atoms with Gasteiger partial charge in [0, 0.05) is 0 Å². The summed E-state index contributed by atoms with van der Waals surface area (Å²) < 4.78 is 23.3. The molecular formula is C26H26N2O6S. The van der Waals surface area contributed by atoms with E-state index in [-0.39, 0.29) is 12.2 Å². The van der Waals surface area contributed by atoms with E-state index < -0.39 is 12.0 Å². The smallest absolute Gasteiger partial charge is 0.338 e. The van der Waals surface area contributed by atoms with Gasteiger partial charge >= 0.3 is 5.97 Å². The number of nitrogens with zero attached hydrogens (tertiary/aromatic N) is 2. The molecule has 4 rings (SSSR count). The number of ether oxygens (including phenoxy) is 4. The quantitative estimate of drug-likeness (QED) is 0.470. The van der Waals surface area contributed by atoms with Crippen molar-refractivity contribution in [2.24, 2.45) is 4.99 Å². The van der Waals surface area contributed by atoms with Crippen LogP contribution < -0.4 is 29.1 Å². The highest BCUT2D eigenvalue weighted by atomic mass is 32.1. The van der Waals surface area contributed by atoms with Crippen LogP contribution in [0.3, 0.4) is 0 Å². The van der Waals surface area contributed by atoms with Gasteiger partial charge in [-0.25, -0.2) is 9.79 Å². The fraction of sp³-hybridized carbons (Fsp3) is 0.269. The first-order valence-electron chi connectivity index (χ1n) is 11.0. The molecule has 2 heterocycles. The van der Waals surface area contributed by atoms with Crippen LogP contribution in [0.5, 0.6) is 17.2 Å². The Morgan fingerprint density at radius 1 is 1.06 bits per heavy atom. The summed E-state index contributed by atoms with van der Waals surface area (Å²) in [7, 11) is 4.71. The standard InChI is InChI=1S/C26H26N2O6S/c1-6-34-25(30)22-15(2)27-26-28(23(22)17-8-10-18(31-3)11-9-17)24(29)21(35-26)14-16-7-12-19(32-4)20(13-16)33-5/h7-14,23H,6H2,1-5H3/t23-/m0/s1. The molecule has 0 N–H and O–H groups in total. The SMILES string of the molecule is CCOC(=O)C1=C(C)N=c2sc(=Cc3ccc(OC)c(OC)c3)c(=O)n2[C@H]1c1ccc(OC)cc1. The van der Waals surface area contributed by atoms with Crippen LogP contribution in [0.25, 0.3) is 6.08 Å². The number of carbonyl (C=O) groups excluding carboxylic acids is 1.